The van der Waals surface area contributed by atoms with E-state index in [4.69, 9.17) is 4.74 Å². The normalized spacial score (nSPS) is 10.9. The largest absolute Gasteiger partial charge is 0.492 e. The number of carbonyl (C=O) groups excluding carboxylic acids is 1. The maximum atomic E-state index is 12.5. The molecule has 6 nitrogen and oxygen atoms in total. The lowest BCUT2D eigenvalue weighted by Gasteiger charge is -2.07. The highest BCUT2D eigenvalue weighted by Gasteiger charge is 2.10. The zero-order valence-electron chi connectivity index (χ0n) is 17.1. The highest BCUT2D eigenvalue weighted by Crippen LogP contribution is 2.30. The van der Waals surface area contributed by atoms with Crippen molar-refractivity contribution in [3.8, 4) is 5.75 Å². The molecule has 5 rings (SSSR count). The Balaban J connectivity index is 1.23. The molecule has 2 heterocycles. The van der Waals surface area contributed by atoms with Gasteiger partial charge in [0, 0.05) is 22.8 Å². The number of pyridine rings is 1. The SMILES string of the molecule is O=C(NCCOc1ccccc1)c1ccc2nc(Nc3ccc4ncccc4c3)sc2c1. The van der Waals surface area contributed by atoms with E-state index >= 15 is 0 Å². The third kappa shape index (κ3) is 4.53. The van der Waals surface area contributed by atoms with Gasteiger partial charge in [0.1, 0.15) is 12.4 Å². The van der Waals surface area contributed by atoms with Gasteiger partial charge in [0.05, 0.1) is 22.3 Å². The number of fused-ring (bicyclic) bond motifs is 2. The van der Waals surface area contributed by atoms with Gasteiger partial charge in [0.2, 0.25) is 0 Å². The predicted molar refractivity (Wildman–Crippen MR) is 129 cm³/mol. The lowest BCUT2D eigenvalue weighted by atomic mass is 10.2. The van der Waals surface area contributed by atoms with Crippen molar-refractivity contribution in [1.82, 2.24) is 15.3 Å². The van der Waals surface area contributed by atoms with Crippen LogP contribution < -0.4 is 15.4 Å². The third-order valence-electron chi connectivity index (χ3n) is 4.90. The fourth-order valence-electron chi connectivity index (χ4n) is 3.35. The first kappa shape index (κ1) is 20.0. The van der Waals surface area contributed by atoms with Gasteiger partial charge in [-0.3, -0.25) is 9.78 Å². The van der Waals surface area contributed by atoms with E-state index in [9.17, 15) is 4.79 Å². The second kappa shape index (κ2) is 9.03. The topological polar surface area (TPSA) is 76.1 Å². The van der Waals surface area contributed by atoms with Gasteiger partial charge in [-0.2, -0.15) is 0 Å². The van der Waals surface area contributed by atoms with Crippen LogP contribution in [0.2, 0.25) is 0 Å². The standard InChI is InChI=1S/C25H20N4O2S/c30-24(27-13-14-31-20-6-2-1-3-7-20)18-8-10-22-23(16-18)32-25(29-22)28-19-9-11-21-17(15-19)5-4-12-26-21/h1-12,15-16H,13-14H2,(H,27,30)(H,28,29). The lowest BCUT2D eigenvalue weighted by Crippen LogP contribution is -2.28. The molecule has 7 heteroatoms. The monoisotopic (exact) mass is 440 g/mol. The average Bonchev–Trinajstić information content (AvgIpc) is 3.23. The van der Waals surface area contributed by atoms with E-state index in [-0.39, 0.29) is 5.91 Å². The molecule has 3 aromatic carbocycles. The van der Waals surface area contributed by atoms with Crippen molar-refractivity contribution in [3.05, 3.63) is 90.6 Å². The van der Waals surface area contributed by atoms with E-state index in [0.717, 1.165) is 37.7 Å². The number of thiazole rings is 1. The van der Waals surface area contributed by atoms with Crippen LogP contribution in [0.1, 0.15) is 10.4 Å². The van der Waals surface area contributed by atoms with E-state index in [1.807, 2.05) is 72.8 Å². The minimum absolute atomic E-state index is 0.131. The second-order valence-corrected chi connectivity index (χ2v) is 8.19. The van der Waals surface area contributed by atoms with Crippen molar-refractivity contribution in [2.45, 2.75) is 0 Å². The van der Waals surface area contributed by atoms with Gasteiger partial charge in [0.15, 0.2) is 5.13 Å². The number of hydrogen-bond donors (Lipinski definition) is 2. The van der Waals surface area contributed by atoms with Crippen molar-refractivity contribution in [1.29, 1.82) is 0 Å². The Morgan fingerprint density at radius 3 is 2.72 bits per heavy atom. The summed E-state index contributed by atoms with van der Waals surface area (Å²) < 4.78 is 6.56. The minimum atomic E-state index is -0.131. The molecule has 5 aromatic rings. The van der Waals surface area contributed by atoms with Crippen LogP contribution in [-0.2, 0) is 0 Å². The summed E-state index contributed by atoms with van der Waals surface area (Å²) in [5.41, 5.74) is 3.35. The molecule has 0 saturated carbocycles. The number of carbonyl (C=O) groups is 1. The fourth-order valence-corrected chi connectivity index (χ4v) is 4.27. The molecule has 0 saturated heterocycles. The number of nitrogens with one attached hydrogen (secondary N) is 2. The van der Waals surface area contributed by atoms with Crippen LogP contribution in [0.4, 0.5) is 10.8 Å². The molecule has 0 radical (unpaired) electrons. The van der Waals surface area contributed by atoms with Gasteiger partial charge in [-0.05, 0) is 54.6 Å². The van der Waals surface area contributed by atoms with E-state index in [2.05, 4.69) is 20.6 Å². The predicted octanol–water partition coefficient (Wildman–Crippen LogP) is 5.40. The van der Waals surface area contributed by atoms with Gasteiger partial charge < -0.3 is 15.4 Å². The summed E-state index contributed by atoms with van der Waals surface area (Å²) in [6, 6.07) is 25.0. The summed E-state index contributed by atoms with van der Waals surface area (Å²) in [6.45, 7) is 0.839. The molecule has 2 N–H and O–H groups in total. The molecule has 0 bridgehead atoms. The van der Waals surface area contributed by atoms with E-state index in [1.54, 1.807) is 12.3 Å². The summed E-state index contributed by atoms with van der Waals surface area (Å²) in [4.78, 5) is 21.5. The Labute approximate surface area is 188 Å². The maximum Gasteiger partial charge on any atom is 0.251 e. The number of hydrogen-bond acceptors (Lipinski definition) is 6. The van der Waals surface area contributed by atoms with Crippen molar-refractivity contribution >= 4 is 49.2 Å². The van der Waals surface area contributed by atoms with Crippen LogP contribution in [0.25, 0.3) is 21.1 Å². The summed E-state index contributed by atoms with van der Waals surface area (Å²) in [6.07, 6.45) is 1.78. The quantitative estimate of drug-likeness (QED) is 0.332. The number of nitrogens with zero attached hydrogens (tertiary/aromatic N) is 2. The fraction of sp³-hybridized carbons (Fsp3) is 0.0800. The molecule has 0 aliphatic carbocycles. The van der Waals surface area contributed by atoms with Gasteiger partial charge in [-0.15, -0.1) is 0 Å². The Hall–Kier alpha value is -3.97. The van der Waals surface area contributed by atoms with Crippen LogP contribution >= 0.6 is 11.3 Å². The molecular formula is C25H20N4O2S. The molecule has 32 heavy (non-hydrogen) atoms. The van der Waals surface area contributed by atoms with E-state index < -0.39 is 0 Å². The molecule has 0 spiro atoms. The van der Waals surface area contributed by atoms with E-state index in [0.29, 0.717) is 18.7 Å². The highest BCUT2D eigenvalue weighted by atomic mass is 32.1. The number of para-hydroxylation sites is 1. The molecule has 0 aliphatic rings. The maximum absolute atomic E-state index is 12.5. The highest BCUT2D eigenvalue weighted by molar-refractivity contribution is 7.22. The number of rotatable bonds is 7. The van der Waals surface area contributed by atoms with Crippen LogP contribution in [0, 0.1) is 0 Å². The van der Waals surface area contributed by atoms with E-state index in [1.165, 1.54) is 11.3 Å². The number of anilines is 2. The molecule has 0 unspecified atom stereocenters. The van der Waals surface area contributed by atoms with Crippen molar-refractivity contribution in [2.75, 3.05) is 18.5 Å². The van der Waals surface area contributed by atoms with Crippen molar-refractivity contribution < 1.29 is 9.53 Å². The van der Waals surface area contributed by atoms with Gasteiger partial charge in [-0.1, -0.05) is 35.6 Å². The Bertz CT molecular complexity index is 1380. The number of ether oxygens (including phenoxy) is 1. The Morgan fingerprint density at radius 2 is 1.81 bits per heavy atom. The number of amides is 1. The van der Waals surface area contributed by atoms with Crippen molar-refractivity contribution in [3.63, 3.8) is 0 Å². The smallest absolute Gasteiger partial charge is 0.251 e. The summed E-state index contributed by atoms with van der Waals surface area (Å²) in [5.74, 6) is 0.657. The molecule has 0 fully saturated rings. The third-order valence-corrected chi connectivity index (χ3v) is 5.84. The first-order valence-electron chi connectivity index (χ1n) is 10.2. The van der Waals surface area contributed by atoms with Gasteiger partial charge in [-0.25, -0.2) is 4.98 Å². The zero-order chi connectivity index (χ0) is 21.8. The van der Waals surface area contributed by atoms with Gasteiger partial charge >= 0.3 is 0 Å². The number of aromatic nitrogens is 2. The summed E-state index contributed by atoms with van der Waals surface area (Å²) in [7, 11) is 0. The number of benzene rings is 3. The summed E-state index contributed by atoms with van der Waals surface area (Å²) >= 11 is 1.51. The lowest BCUT2D eigenvalue weighted by molar-refractivity contribution is 0.0947. The molecular weight excluding hydrogens is 420 g/mol. The second-order valence-electron chi connectivity index (χ2n) is 7.15. The molecule has 1 amide bonds. The molecule has 0 aliphatic heterocycles. The van der Waals surface area contributed by atoms with Crippen LogP contribution in [0.3, 0.4) is 0 Å². The van der Waals surface area contributed by atoms with Gasteiger partial charge in [0.25, 0.3) is 5.91 Å². The van der Waals surface area contributed by atoms with Crippen LogP contribution in [-0.4, -0.2) is 29.0 Å². The average molecular weight is 441 g/mol. The summed E-state index contributed by atoms with van der Waals surface area (Å²) in [5, 5.41) is 8.09. The Morgan fingerprint density at radius 1 is 0.938 bits per heavy atom. The molecule has 158 valence electrons. The first-order valence-corrected chi connectivity index (χ1v) is 11.0. The zero-order valence-corrected chi connectivity index (χ0v) is 17.9. The minimum Gasteiger partial charge on any atom is -0.492 e. The first-order chi connectivity index (χ1) is 15.7. The Kier molecular flexibility index (Phi) is 5.63. The molecule has 2 aromatic heterocycles. The molecule has 0 atom stereocenters. The van der Waals surface area contributed by atoms with Crippen LogP contribution in [0.5, 0.6) is 5.75 Å². The van der Waals surface area contributed by atoms with Crippen molar-refractivity contribution in [2.24, 2.45) is 0 Å². The van der Waals surface area contributed by atoms with Crippen LogP contribution in [0.15, 0.2) is 85.1 Å².